The van der Waals surface area contributed by atoms with Crippen molar-refractivity contribution >= 4 is 44.9 Å². The molecule has 0 saturated carbocycles. The van der Waals surface area contributed by atoms with Gasteiger partial charge in [0.2, 0.25) is 5.88 Å². The highest BCUT2D eigenvalue weighted by Gasteiger charge is 2.09. The van der Waals surface area contributed by atoms with Crippen LogP contribution < -0.4 is 10.1 Å². The van der Waals surface area contributed by atoms with Crippen LogP contribution in [-0.4, -0.2) is 17.0 Å². The van der Waals surface area contributed by atoms with E-state index >= 15 is 0 Å². The zero-order valence-electron chi connectivity index (χ0n) is 9.25. The molecule has 94 valence electrons. The molecule has 0 amide bonds. The lowest BCUT2D eigenvalue weighted by atomic mass is 10.3. The van der Waals surface area contributed by atoms with Crippen LogP contribution >= 0.6 is 39.1 Å². The third-order valence-electron chi connectivity index (χ3n) is 2.06. The van der Waals surface area contributed by atoms with Gasteiger partial charge in [-0.3, -0.25) is 4.98 Å². The minimum absolute atomic E-state index is 0.335. The summed E-state index contributed by atoms with van der Waals surface area (Å²) in [6, 6.07) is 3.27. The lowest BCUT2D eigenvalue weighted by Crippen LogP contribution is -1.96. The fraction of sp³-hybridized carbons (Fsp3) is 0.0909. The molecule has 0 unspecified atom stereocenters. The van der Waals surface area contributed by atoms with Gasteiger partial charge >= 0.3 is 0 Å². The number of ether oxygens (including phenoxy) is 1. The largest absolute Gasteiger partial charge is 0.436 e. The molecule has 0 saturated heterocycles. The predicted molar refractivity (Wildman–Crippen MR) is 75.8 cm³/mol. The van der Waals surface area contributed by atoms with Crippen molar-refractivity contribution in [2.45, 2.75) is 0 Å². The topological polar surface area (TPSA) is 47.0 Å². The second kappa shape index (κ2) is 5.73. The van der Waals surface area contributed by atoms with Crippen LogP contribution in [0.15, 0.2) is 29.0 Å². The van der Waals surface area contributed by atoms with Crippen LogP contribution in [0.5, 0.6) is 11.6 Å². The molecular weight excluding hydrogens is 341 g/mol. The third-order valence-corrected chi connectivity index (χ3v) is 3.55. The standard InChI is InChI=1S/C11H8BrCl2N3O/c1-15-10-4-16-5-11(17-10)18-9-3-7(13)6(12)2-8(9)14/h2-5H,1H3,(H,15,17). The van der Waals surface area contributed by atoms with Gasteiger partial charge in [0, 0.05) is 17.6 Å². The van der Waals surface area contributed by atoms with Gasteiger partial charge in [0.05, 0.1) is 22.4 Å². The van der Waals surface area contributed by atoms with Crippen molar-refractivity contribution in [1.82, 2.24) is 9.97 Å². The summed E-state index contributed by atoms with van der Waals surface area (Å²) in [7, 11) is 1.75. The van der Waals surface area contributed by atoms with Crippen LogP contribution in [0.25, 0.3) is 0 Å². The number of hydrogen-bond acceptors (Lipinski definition) is 4. The Hall–Kier alpha value is -1.04. The molecule has 0 fully saturated rings. The predicted octanol–water partition coefficient (Wildman–Crippen LogP) is 4.38. The first-order chi connectivity index (χ1) is 8.60. The fourth-order valence-electron chi connectivity index (χ4n) is 1.21. The highest BCUT2D eigenvalue weighted by Crippen LogP contribution is 2.36. The molecule has 1 N–H and O–H groups in total. The van der Waals surface area contributed by atoms with E-state index < -0.39 is 0 Å². The molecule has 0 atom stereocenters. The smallest absolute Gasteiger partial charge is 0.239 e. The maximum Gasteiger partial charge on any atom is 0.239 e. The number of aromatic nitrogens is 2. The molecule has 0 aliphatic heterocycles. The number of nitrogens with zero attached hydrogens (tertiary/aromatic N) is 2. The van der Waals surface area contributed by atoms with E-state index in [9.17, 15) is 0 Å². The molecule has 0 aliphatic carbocycles. The Bertz CT molecular complexity index is 580. The Morgan fingerprint density at radius 3 is 2.72 bits per heavy atom. The molecule has 1 heterocycles. The molecular formula is C11H8BrCl2N3O. The summed E-state index contributed by atoms with van der Waals surface area (Å²) in [6.45, 7) is 0. The van der Waals surface area contributed by atoms with Crippen molar-refractivity contribution in [2.75, 3.05) is 12.4 Å². The van der Waals surface area contributed by atoms with Crippen LogP contribution in [0.3, 0.4) is 0 Å². The van der Waals surface area contributed by atoms with E-state index in [4.69, 9.17) is 27.9 Å². The van der Waals surface area contributed by atoms with E-state index in [1.807, 2.05) is 0 Å². The van der Waals surface area contributed by atoms with Crippen LogP contribution in [-0.2, 0) is 0 Å². The number of nitrogens with one attached hydrogen (secondary N) is 1. The average molecular weight is 349 g/mol. The van der Waals surface area contributed by atoms with Gasteiger partial charge in [-0.2, -0.15) is 4.98 Å². The van der Waals surface area contributed by atoms with Crippen LogP contribution in [0.4, 0.5) is 5.82 Å². The maximum atomic E-state index is 6.05. The molecule has 0 bridgehead atoms. The molecule has 7 heteroatoms. The SMILES string of the molecule is CNc1cncc(Oc2cc(Cl)c(Br)cc2Cl)n1. The van der Waals surface area contributed by atoms with Crippen molar-refractivity contribution < 1.29 is 4.74 Å². The Balaban J connectivity index is 2.30. The molecule has 2 aromatic rings. The van der Waals surface area contributed by atoms with Crippen molar-refractivity contribution in [3.63, 3.8) is 0 Å². The number of anilines is 1. The average Bonchev–Trinajstić information content (AvgIpc) is 2.36. The molecule has 1 aromatic carbocycles. The van der Waals surface area contributed by atoms with Gasteiger partial charge < -0.3 is 10.1 Å². The summed E-state index contributed by atoms with van der Waals surface area (Å²) in [5.74, 6) is 1.36. The van der Waals surface area contributed by atoms with Crippen molar-refractivity contribution in [3.05, 3.63) is 39.0 Å². The summed E-state index contributed by atoms with van der Waals surface area (Å²) >= 11 is 15.3. The van der Waals surface area contributed by atoms with Crippen molar-refractivity contribution in [2.24, 2.45) is 0 Å². The van der Waals surface area contributed by atoms with E-state index in [0.29, 0.717) is 32.0 Å². The quantitative estimate of drug-likeness (QED) is 0.836. The van der Waals surface area contributed by atoms with Crippen LogP contribution in [0.2, 0.25) is 10.0 Å². The van der Waals surface area contributed by atoms with E-state index in [-0.39, 0.29) is 0 Å². The number of hydrogen-bond donors (Lipinski definition) is 1. The Morgan fingerprint density at radius 1 is 1.22 bits per heavy atom. The molecule has 4 nitrogen and oxygen atoms in total. The Kier molecular flexibility index (Phi) is 4.27. The highest BCUT2D eigenvalue weighted by atomic mass is 79.9. The summed E-state index contributed by atoms with van der Waals surface area (Å²) in [4.78, 5) is 8.16. The van der Waals surface area contributed by atoms with Gasteiger partial charge in [-0.1, -0.05) is 23.2 Å². The first-order valence-corrected chi connectivity index (χ1v) is 6.47. The van der Waals surface area contributed by atoms with E-state index in [1.165, 1.54) is 6.20 Å². The first-order valence-electron chi connectivity index (χ1n) is 4.92. The lowest BCUT2D eigenvalue weighted by molar-refractivity contribution is 0.461. The van der Waals surface area contributed by atoms with Crippen LogP contribution in [0.1, 0.15) is 0 Å². The van der Waals surface area contributed by atoms with Gasteiger partial charge in [-0.05, 0) is 22.0 Å². The van der Waals surface area contributed by atoms with Crippen molar-refractivity contribution in [3.8, 4) is 11.6 Å². The Labute approximate surface area is 122 Å². The van der Waals surface area contributed by atoms with Crippen LogP contribution in [0, 0.1) is 0 Å². The summed E-state index contributed by atoms with van der Waals surface area (Å²) in [5, 5.41) is 3.81. The number of halogens is 3. The normalized spacial score (nSPS) is 10.2. The van der Waals surface area contributed by atoms with Gasteiger partial charge in [0.15, 0.2) is 0 Å². The van der Waals surface area contributed by atoms with Gasteiger partial charge in [0.25, 0.3) is 0 Å². The molecule has 2 rings (SSSR count). The molecule has 0 spiro atoms. The lowest BCUT2D eigenvalue weighted by Gasteiger charge is -2.08. The molecule has 0 radical (unpaired) electrons. The third kappa shape index (κ3) is 3.04. The summed E-state index contributed by atoms with van der Waals surface area (Å²) in [5.41, 5.74) is 0. The Morgan fingerprint density at radius 2 is 2.00 bits per heavy atom. The van der Waals surface area contributed by atoms with Gasteiger partial charge in [-0.25, -0.2) is 0 Å². The van der Waals surface area contributed by atoms with Gasteiger partial charge in [0.1, 0.15) is 11.6 Å². The van der Waals surface area contributed by atoms with Crippen molar-refractivity contribution in [1.29, 1.82) is 0 Å². The van der Waals surface area contributed by atoms with E-state index in [1.54, 1.807) is 25.4 Å². The summed E-state index contributed by atoms with van der Waals surface area (Å²) < 4.78 is 6.24. The number of benzene rings is 1. The minimum atomic E-state index is 0.335. The fourth-order valence-corrected chi connectivity index (χ4v) is 2.04. The maximum absolute atomic E-state index is 6.05. The minimum Gasteiger partial charge on any atom is -0.436 e. The molecule has 1 aromatic heterocycles. The van der Waals surface area contributed by atoms with E-state index in [0.717, 1.165) is 0 Å². The second-order valence-corrected chi connectivity index (χ2v) is 4.96. The highest BCUT2D eigenvalue weighted by molar-refractivity contribution is 9.10. The zero-order valence-corrected chi connectivity index (χ0v) is 12.3. The van der Waals surface area contributed by atoms with E-state index in [2.05, 4.69) is 31.2 Å². The number of rotatable bonds is 3. The summed E-state index contributed by atoms with van der Waals surface area (Å²) in [6.07, 6.45) is 3.08. The molecule has 18 heavy (non-hydrogen) atoms. The zero-order chi connectivity index (χ0) is 13.1. The second-order valence-electron chi connectivity index (χ2n) is 3.29. The van der Waals surface area contributed by atoms with Gasteiger partial charge in [-0.15, -0.1) is 0 Å². The molecule has 0 aliphatic rings. The first kappa shape index (κ1) is 13.4. The monoisotopic (exact) mass is 347 g/mol.